The maximum absolute atomic E-state index is 5.44. The van der Waals surface area contributed by atoms with Gasteiger partial charge in [0.25, 0.3) is 0 Å². The molecule has 0 atom stereocenters. The van der Waals surface area contributed by atoms with E-state index in [1.54, 1.807) is 34.0 Å². The van der Waals surface area contributed by atoms with Gasteiger partial charge in [0.05, 0.1) is 30.1 Å². The Hall–Kier alpha value is -2.49. The monoisotopic (exact) mass is 398 g/mol. The molecule has 6 rings (SSSR count). The number of hydrogen-bond acceptors (Lipinski definition) is 9. The highest BCUT2D eigenvalue weighted by Crippen LogP contribution is 2.40. The zero-order valence-corrected chi connectivity index (χ0v) is 15.8. The number of benzene rings is 2. The molecule has 128 valence electrons. The topological polar surface area (TPSA) is 69.2 Å². The zero-order chi connectivity index (χ0) is 17.3. The zero-order valence-electron chi connectivity index (χ0n) is 13.4. The van der Waals surface area contributed by atoms with Gasteiger partial charge in [-0.3, -0.25) is 0 Å². The first-order valence-electron chi connectivity index (χ1n) is 7.87. The van der Waals surface area contributed by atoms with Crippen LogP contribution in [0, 0.1) is 6.92 Å². The standard InChI is InChI=1S/C17H10N4O2S3/c1-7-18-14-12(24-7)3-2-8-15(14)26-17(19-8)21-16-20-9-4-10-11(23-6-22-10)5-13(9)25-16/h2-5H,6H2,1H3,(H,19,20,21). The molecule has 1 N–H and O–H groups in total. The van der Waals surface area contributed by atoms with Crippen molar-refractivity contribution in [1.29, 1.82) is 0 Å². The summed E-state index contributed by atoms with van der Waals surface area (Å²) in [5.41, 5.74) is 2.88. The molecular weight excluding hydrogens is 388 g/mol. The predicted octanol–water partition coefficient (Wildman–Crippen LogP) is 5.30. The third-order valence-electron chi connectivity index (χ3n) is 4.12. The number of ether oxygens (including phenoxy) is 2. The lowest BCUT2D eigenvalue weighted by Crippen LogP contribution is -1.92. The molecule has 0 radical (unpaired) electrons. The molecule has 0 saturated heterocycles. The number of aryl methyl sites for hydroxylation is 1. The van der Waals surface area contributed by atoms with E-state index < -0.39 is 0 Å². The Kier molecular flexibility index (Phi) is 2.96. The lowest BCUT2D eigenvalue weighted by molar-refractivity contribution is 0.174. The number of anilines is 2. The van der Waals surface area contributed by atoms with Crippen LogP contribution >= 0.6 is 34.0 Å². The average Bonchev–Trinajstić information content (AvgIpc) is 3.35. The van der Waals surface area contributed by atoms with Crippen LogP contribution in [-0.4, -0.2) is 21.7 Å². The van der Waals surface area contributed by atoms with Crippen LogP contribution in [-0.2, 0) is 0 Å². The third-order valence-corrected chi connectivity index (χ3v) is 6.98. The number of nitrogens with one attached hydrogen (secondary N) is 1. The Balaban J connectivity index is 1.42. The van der Waals surface area contributed by atoms with Crippen LogP contribution in [0.25, 0.3) is 30.6 Å². The van der Waals surface area contributed by atoms with Crippen LogP contribution in [0.4, 0.5) is 10.3 Å². The fraction of sp³-hybridized carbons (Fsp3) is 0.118. The molecule has 1 aliphatic rings. The first-order valence-corrected chi connectivity index (χ1v) is 10.3. The molecule has 0 saturated carbocycles. The van der Waals surface area contributed by atoms with Gasteiger partial charge in [0.2, 0.25) is 6.79 Å². The van der Waals surface area contributed by atoms with E-state index in [2.05, 4.69) is 32.4 Å². The highest BCUT2D eigenvalue weighted by atomic mass is 32.1. The summed E-state index contributed by atoms with van der Waals surface area (Å²) in [5.74, 6) is 1.52. The number of fused-ring (bicyclic) bond motifs is 5. The second-order valence-corrected chi connectivity index (χ2v) is 9.09. The SMILES string of the molecule is Cc1nc2c(ccc3nc(Nc4nc5cc6c(cc5s4)OCO6)sc32)s1. The van der Waals surface area contributed by atoms with Gasteiger partial charge in [0, 0.05) is 12.1 Å². The Morgan fingerprint density at radius 1 is 0.885 bits per heavy atom. The molecule has 4 heterocycles. The molecule has 0 aliphatic carbocycles. The molecule has 0 unspecified atom stereocenters. The Morgan fingerprint density at radius 3 is 2.62 bits per heavy atom. The summed E-state index contributed by atoms with van der Waals surface area (Å²) in [7, 11) is 0. The molecule has 0 spiro atoms. The van der Waals surface area contributed by atoms with Crippen molar-refractivity contribution in [3.8, 4) is 11.5 Å². The Morgan fingerprint density at radius 2 is 1.69 bits per heavy atom. The van der Waals surface area contributed by atoms with Crippen molar-refractivity contribution in [2.24, 2.45) is 0 Å². The number of thiazole rings is 3. The van der Waals surface area contributed by atoms with E-state index in [4.69, 9.17) is 9.47 Å². The summed E-state index contributed by atoms with van der Waals surface area (Å²) in [6.07, 6.45) is 0. The number of rotatable bonds is 2. The quantitative estimate of drug-likeness (QED) is 0.435. The first kappa shape index (κ1) is 14.7. The van der Waals surface area contributed by atoms with Crippen molar-refractivity contribution in [2.45, 2.75) is 6.92 Å². The van der Waals surface area contributed by atoms with Gasteiger partial charge in [-0.25, -0.2) is 15.0 Å². The highest BCUT2D eigenvalue weighted by Gasteiger charge is 2.17. The minimum absolute atomic E-state index is 0.272. The lowest BCUT2D eigenvalue weighted by Gasteiger charge is -1.93. The number of hydrogen-bond donors (Lipinski definition) is 1. The van der Waals surface area contributed by atoms with Crippen molar-refractivity contribution in [2.75, 3.05) is 12.1 Å². The summed E-state index contributed by atoms with van der Waals surface area (Å²) in [6.45, 7) is 2.30. The smallest absolute Gasteiger partial charge is 0.231 e. The molecule has 5 aromatic rings. The van der Waals surface area contributed by atoms with Gasteiger partial charge < -0.3 is 14.8 Å². The van der Waals surface area contributed by atoms with Crippen molar-refractivity contribution in [3.05, 3.63) is 29.3 Å². The summed E-state index contributed by atoms with van der Waals surface area (Å²) in [4.78, 5) is 14.0. The Bertz CT molecular complexity index is 1280. The lowest BCUT2D eigenvalue weighted by atomic mass is 10.3. The van der Waals surface area contributed by atoms with Crippen molar-refractivity contribution in [3.63, 3.8) is 0 Å². The molecule has 0 amide bonds. The van der Waals surface area contributed by atoms with Crippen LogP contribution in [0.1, 0.15) is 5.01 Å². The van der Waals surface area contributed by atoms with Gasteiger partial charge in [-0.2, -0.15) is 0 Å². The van der Waals surface area contributed by atoms with E-state index in [0.717, 1.165) is 52.7 Å². The van der Waals surface area contributed by atoms with Crippen LogP contribution in [0.5, 0.6) is 11.5 Å². The molecule has 6 nitrogen and oxygen atoms in total. The average molecular weight is 398 g/mol. The van der Waals surface area contributed by atoms with E-state index in [1.165, 1.54) is 4.70 Å². The summed E-state index contributed by atoms with van der Waals surface area (Å²) in [5, 5.41) is 6.02. The van der Waals surface area contributed by atoms with Gasteiger partial charge in [0.15, 0.2) is 21.8 Å². The predicted molar refractivity (Wildman–Crippen MR) is 107 cm³/mol. The van der Waals surface area contributed by atoms with E-state index in [1.807, 2.05) is 19.1 Å². The highest BCUT2D eigenvalue weighted by molar-refractivity contribution is 7.25. The fourth-order valence-electron chi connectivity index (χ4n) is 3.00. The van der Waals surface area contributed by atoms with Crippen LogP contribution in [0.2, 0.25) is 0 Å². The molecule has 0 bridgehead atoms. The van der Waals surface area contributed by atoms with E-state index in [0.29, 0.717) is 0 Å². The first-order chi connectivity index (χ1) is 12.7. The van der Waals surface area contributed by atoms with Crippen LogP contribution < -0.4 is 14.8 Å². The second kappa shape index (κ2) is 5.26. The largest absolute Gasteiger partial charge is 0.454 e. The maximum atomic E-state index is 5.44. The van der Waals surface area contributed by atoms with Gasteiger partial charge in [-0.15, -0.1) is 11.3 Å². The van der Waals surface area contributed by atoms with Gasteiger partial charge in [-0.05, 0) is 19.1 Å². The third kappa shape index (κ3) is 2.17. The molecule has 3 aromatic heterocycles. The number of nitrogens with zero attached hydrogens (tertiary/aromatic N) is 3. The normalized spacial score (nSPS) is 13.3. The second-order valence-electron chi connectivity index (χ2n) is 5.83. The van der Waals surface area contributed by atoms with Gasteiger partial charge in [-0.1, -0.05) is 22.7 Å². The minimum Gasteiger partial charge on any atom is -0.454 e. The Labute approximate surface area is 159 Å². The molecule has 1 aliphatic heterocycles. The molecule has 2 aromatic carbocycles. The van der Waals surface area contributed by atoms with E-state index in [-0.39, 0.29) is 6.79 Å². The summed E-state index contributed by atoms with van der Waals surface area (Å²) in [6, 6.07) is 8.03. The minimum atomic E-state index is 0.272. The van der Waals surface area contributed by atoms with Crippen molar-refractivity contribution in [1.82, 2.24) is 15.0 Å². The maximum Gasteiger partial charge on any atom is 0.231 e. The van der Waals surface area contributed by atoms with Gasteiger partial charge in [0.1, 0.15) is 5.52 Å². The molecule has 0 fully saturated rings. The molecule has 26 heavy (non-hydrogen) atoms. The summed E-state index contributed by atoms with van der Waals surface area (Å²) < 4.78 is 14.2. The van der Waals surface area contributed by atoms with Crippen molar-refractivity contribution >= 4 is 74.9 Å². The van der Waals surface area contributed by atoms with Crippen LogP contribution in [0.15, 0.2) is 24.3 Å². The van der Waals surface area contributed by atoms with Gasteiger partial charge >= 0.3 is 0 Å². The fourth-order valence-corrected chi connectivity index (χ4v) is 5.80. The van der Waals surface area contributed by atoms with Crippen molar-refractivity contribution < 1.29 is 9.47 Å². The van der Waals surface area contributed by atoms with E-state index >= 15 is 0 Å². The molecule has 9 heteroatoms. The molecular formula is C17H10N4O2S3. The number of aromatic nitrogens is 3. The van der Waals surface area contributed by atoms with E-state index in [9.17, 15) is 0 Å². The summed E-state index contributed by atoms with van der Waals surface area (Å²) >= 11 is 4.88. The van der Waals surface area contributed by atoms with Crippen LogP contribution in [0.3, 0.4) is 0 Å².